The van der Waals surface area contributed by atoms with Gasteiger partial charge in [0.1, 0.15) is 6.04 Å². The molecule has 0 amide bonds. The van der Waals surface area contributed by atoms with E-state index in [1.807, 2.05) is 25.1 Å². The summed E-state index contributed by atoms with van der Waals surface area (Å²) in [5, 5.41) is 12.8. The standard InChI is InChI=1S/C10H13N3S/c1-2-12-9(7-11)8-14-10-5-3-4-6-13-10/h3-6,9,12H,2,8H2,1H3. The van der Waals surface area contributed by atoms with E-state index in [9.17, 15) is 0 Å². The highest BCUT2D eigenvalue weighted by atomic mass is 32.2. The summed E-state index contributed by atoms with van der Waals surface area (Å²) >= 11 is 1.60. The van der Waals surface area contributed by atoms with Gasteiger partial charge in [0.25, 0.3) is 0 Å². The van der Waals surface area contributed by atoms with Crippen molar-refractivity contribution >= 4 is 11.8 Å². The van der Waals surface area contributed by atoms with E-state index in [2.05, 4.69) is 16.4 Å². The van der Waals surface area contributed by atoms with Gasteiger partial charge in [0.05, 0.1) is 11.1 Å². The molecule has 0 spiro atoms. The van der Waals surface area contributed by atoms with Crippen LogP contribution in [0.4, 0.5) is 0 Å². The Labute approximate surface area is 88.5 Å². The maximum absolute atomic E-state index is 8.79. The van der Waals surface area contributed by atoms with Crippen LogP contribution in [0, 0.1) is 11.3 Å². The molecule has 1 aromatic rings. The Morgan fingerprint density at radius 3 is 3.07 bits per heavy atom. The molecule has 1 heterocycles. The Bertz CT molecular complexity index is 294. The Kier molecular flexibility index (Phi) is 5.05. The monoisotopic (exact) mass is 207 g/mol. The average Bonchev–Trinajstić information content (AvgIpc) is 2.25. The number of thioether (sulfide) groups is 1. The SMILES string of the molecule is CCNC(C#N)CSc1ccccn1. The first kappa shape index (κ1) is 11.0. The second kappa shape index (κ2) is 6.41. The number of nitrogens with zero attached hydrogens (tertiary/aromatic N) is 2. The molecule has 14 heavy (non-hydrogen) atoms. The van der Waals surface area contributed by atoms with E-state index in [0.717, 1.165) is 17.3 Å². The van der Waals surface area contributed by atoms with E-state index in [-0.39, 0.29) is 6.04 Å². The summed E-state index contributed by atoms with van der Waals surface area (Å²) < 4.78 is 0. The highest BCUT2D eigenvalue weighted by Crippen LogP contribution is 2.14. The lowest BCUT2D eigenvalue weighted by Crippen LogP contribution is -2.29. The molecule has 74 valence electrons. The molecular formula is C10H13N3S. The number of hydrogen-bond donors (Lipinski definition) is 1. The first-order chi connectivity index (χ1) is 6.86. The van der Waals surface area contributed by atoms with Crippen LogP contribution in [-0.2, 0) is 0 Å². The van der Waals surface area contributed by atoms with Gasteiger partial charge in [-0.3, -0.25) is 0 Å². The molecule has 0 aliphatic rings. The van der Waals surface area contributed by atoms with Gasteiger partial charge in [-0.25, -0.2) is 4.98 Å². The largest absolute Gasteiger partial charge is 0.302 e. The predicted molar refractivity (Wildman–Crippen MR) is 58.0 cm³/mol. The van der Waals surface area contributed by atoms with Gasteiger partial charge in [-0.1, -0.05) is 13.0 Å². The van der Waals surface area contributed by atoms with Crippen molar-refractivity contribution in [1.82, 2.24) is 10.3 Å². The van der Waals surface area contributed by atoms with Crippen LogP contribution in [0.3, 0.4) is 0 Å². The fraction of sp³-hybridized carbons (Fsp3) is 0.400. The molecule has 1 N–H and O–H groups in total. The van der Waals surface area contributed by atoms with Crippen LogP contribution in [-0.4, -0.2) is 23.3 Å². The van der Waals surface area contributed by atoms with Crippen molar-refractivity contribution in [3.63, 3.8) is 0 Å². The summed E-state index contributed by atoms with van der Waals surface area (Å²) in [4.78, 5) is 4.17. The smallest absolute Gasteiger partial charge is 0.105 e. The Balaban J connectivity index is 2.37. The van der Waals surface area contributed by atoms with E-state index >= 15 is 0 Å². The predicted octanol–water partition coefficient (Wildman–Crippen LogP) is 1.68. The summed E-state index contributed by atoms with van der Waals surface area (Å²) in [5.41, 5.74) is 0. The average molecular weight is 207 g/mol. The number of nitriles is 1. The van der Waals surface area contributed by atoms with E-state index < -0.39 is 0 Å². The normalized spacial score (nSPS) is 12.0. The van der Waals surface area contributed by atoms with E-state index in [1.165, 1.54) is 0 Å². The zero-order valence-corrected chi connectivity index (χ0v) is 8.92. The second-order valence-electron chi connectivity index (χ2n) is 2.72. The van der Waals surface area contributed by atoms with Crippen LogP contribution in [0.5, 0.6) is 0 Å². The van der Waals surface area contributed by atoms with Crippen molar-refractivity contribution in [2.75, 3.05) is 12.3 Å². The van der Waals surface area contributed by atoms with Crippen LogP contribution in [0.25, 0.3) is 0 Å². The highest BCUT2D eigenvalue weighted by molar-refractivity contribution is 7.99. The summed E-state index contributed by atoms with van der Waals surface area (Å²) in [6, 6.07) is 7.91. The molecule has 0 radical (unpaired) electrons. The van der Waals surface area contributed by atoms with Gasteiger partial charge in [-0.2, -0.15) is 5.26 Å². The molecule has 3 nitrogen and oxygen atoms in total. The molecule has 0 fully saturated rings. The summed E-state index contributed by atoms with van der Waals surface area (Å²) in [6.45, 7) is 2.82. The topological polar surface area (TPSA) is 48.7 Å². The zero-order valence-electron chi connectivity index (χ0n) is 8.10. The molecule has 1 atom stereocenters. The van der Waals surface area contributed by atoms with Gasteiger partial charge in [-0.05, 0) is 18.7 Å². The maximum atomic E-state index is 8.79. The van der Waals surface area contributed by atoms with Gasteiger partial charge in [0.15, 0.2) is 0 Å². The lowest BCUT2D eigenvalue weighted by molar-refractivity contribution is 0.677. The fourth-order valence-corrected chi connectivity index (χ4v) is 1.83. The highest BCUT2D eigenvalue weighted by Gasteiger charge is 2.05. The van der Waals surface area contributed by atoms with Crippen LogP contribution < -0.4 is 5.32 Å². The van der Waals surface area contributed by atoms with Crippen molar-refractivity contribution in [3.05, 3.63) is 24.4 Å². The second-order valence-corrected chi connectivity index (χ2v) is 3.76. The zero-order chi connectivity index (χ0) is 10.2. The van der Waals surface area contributed by atoms with Crippen molar-refractivity contribution in [2.24, 2.45) is 0 Å². The maximum Gasteiger partial charge on any atom is 0.105 e. The molecule has 0 saturated carbocycles. The van der Waals surface area contributed by atoms with Gasteiger partial charge < -0.3 is 5.32 Å². The molecule has 4 heteroatoms. The minimum atomic E-state index is -0.0907. The van der Waals surface area contributed by atoms with Crippen molar-refractivity contribution in [3.8, 4) is 6.07 Å². The minimum absolute atomic E-state index is 0.0907. The third kappa shape index (κ3) is 3.77. The van der Waals surface area contributed by atoms with E-state index in [1.54, 1.807) is 18.0 Å². The van der Waals surface area contributed by atoms with Crippen LogP contribution >= 0.6 is 11.8 Å². The van der Waals surface area contributed by atoms with Crippen LogP contribution in [0.15, 0.2) is 29.4 Å². The van der Waals surface area contributed by atoms with Gasteiger partial charge >= 0.3 is 0 Å². The molecule has 0 bridgehead atoms. The number of rotatable bonds is 5. The lowest BCUT2D eigenvalue weighted by atomic mass is 10.4. The van der Waals surface area contributed by atoms with Gasteiger partial charge in [0.2, 0.25) is 0 Å². The summed E-state index contributed by atoms with van der Waals surface area (Å²) in [6.07, 6.45) is 1.76. The number of nitrogens with one attached hydrogen (secondary N) is 1. The van der Waals surface area contributed by atoms with E-state index in [4.69, 9.17) is 5.26 Å². The molecule has 1 rings (SSSR count). The van der Waals surface area contributed by atoms with Gasteiger partial charge in [0, 0.05) is 11.9 Å². The third-order valence-electron chi connectivity index (χ3n) is 1.64. The third-order valence-corrected chi connectivity index (χ3v) is 2.68. The summed E-state index contributed by atoms with van der Waals surface area (Å²) in [5.74, 6) is 0.737. The molecule has 1 aromatic heterocycles. The molecule has 1 unspecified atom stereocenters. The van der Waals surface area contributed by atoms with E-state index in [0.29, 0.717) is 0 Å². The molecule has 0 aliphatic carbocycles. The quantitative estimate of drug-likeness (QED) is 0.746. The minimum Gasteiger partial charge on any atom is -0.302 e. The van der Waals surface area contributed by atoms with Crippen LogP contribution in [0.1, 0.15) is 6.92 Å². The number of pyridine rings is 1. The fourth-order valence-electron chi connectivity index (χ4n) is 0.989. The first-order valence-electron chi connectivity index (χ1n) is 4.53. The summed E-state index contributed by atoms with van der Waals surface area (Å²) in [7, 11) is 0. The molecular weight excluding hydrogens is 194 g/mol. The molecule has 0 saturated heterocycles. The van der Waals surface area contributed by atoms with Gasteiger partial charge in [-0.15, -0.1) is 11.8 Å². The Morgan fingerprint density at radius 2 is 2.50 bits per heavy atom. The Morgan fingerprint density at radius 1 is 1.64 bits per heavy atom. The van der Waals surface area contributed by atoms with Crippen molar-refractivity contribution in [2.45, 2.75) is 18.0 Å². The lowest BCUT2D eigenvalue weighted by Gasteiger charge is -2.07. The molecule has 0 aromatic carbocycles. The van der Waals surface area contributed by atoms with Crippen molar-refractivity contribution in [1.29, 1.82) is 5.26 Å². The number of hydrogen-bond acceptors (Lipinski definition) is 4. The van der Waals surface area contributed by atoms with Crippen LogP contribution in [0.2, 0.25) is 0 Å². The number of aromatic nitrogens is 1. The first-order valence-corrected chi connectivity index (χ1v) is 5.52. The Hall–Kier alpha value is -1.05. The molecule has 0 aliphatic heterocycles. The van der Waals surface area contributed by atoms with Crippen molar-refractivity contribution < 1.29 is 0 Å².